The first-order chi connectivity index (χ1) is 10.2. The predicted octanol–water partition coefficient (Wildman–Crippen LogP) is 2.65. The highest BCUT2D eigenvalue weighted by atomic mass is 32.1. The summed E-state index contributed by atoms with van der Waals surface area (Å²) in [5.74, 6) is 0.820. The number of hydrogen-bond acceptors (Lipinski definition) is 4. The molecule has 2 N–H and O–H groups in total. The lowest BCUT2D eigenvalue weighted by molar-refractivity contribution is 0.0327. The van der Waals surface area contributed by atoms with Crippen molar-refractivity contribution < 1.29 is 9.84 Å². The number of H-pyrrole nitrogens is 1. The molecule has 2 rings (SSSR count). The number of benzene rings is 1. The lowest BCUT2D eigenvalue weighted by Gasteiger charge is -2.11. The highest BCUT2D eigenvalue weighted by Gasteiger charge is 2.11. The number of nitrogens with one attached hydrogen (secondary N) is 1. The maximum Gasteiger partial charge on any atom is 0.199 e. The van der Waals surface area contributed by atoms with Crippen molar-refractivity contribution in [2.45, 2.75) is 32.3 Å². The molecule has 0 spiro atoms. The Kier molecular flexibility index (Phi) is 6.10. The van der Waals surface area contributed by atoms with Gasteiger partial charge in [-0.3, -0.25) is 9.67 Å². The number of aliphatic hydroxyl groups excluding tert-OH is 1. The number of aliphatic hydroxyl groups is 1. The molecule has 1 atom stereocenters. The fraction of sp³-hybridized carbons (Fsp3) is 0.467. The maximum absolute atomic E-state index is 9.91. The van der Waals surface area contributed by atoms with E-state index >= 15 is 0 Å². The van der Waals surface area contributed by atoms with Crippen LogP contribution >= 0.6 is 12.2 Å². The number of aromatic nitrogens is 3. The van der Waals surface area contributed by atoms with Gasteiger partial charge in [-0.2, -0.15) is 5.10 Å². The van der Waals surface area contributed by atoms with E-state index in [9.17, 15) is 5.11 Å². The summed E-state index contributed by atoms with van der Waals surface area (Å²) in [5, 5.41) is 17.0. The van der Waals surface area contributed by atoms with Crippen LogP contribution in [0, 0.1) is 4.77 Å². The molecular formula is C15H21N3O2S. The standard InChI is InChI=1S/C15H21N3O2S/c1-2-10-20-11-13(19)8-9-14-16-17-15(21)18(14)12-6-4-3-5-7-12/h3-7,13,19H,2,8-11H2,1H3,(H,17,21)/t13-/m0/s1. The normalized spacial score (nSPS) is 12.5. The zero-order valence-corrected chi connectivity index (χ0v) is 13.0. The van der Waals surface area contributed by atoms with Gasteiger partial charge in [-0.25, -0.2) is 0 Å². The quantitative estimate of drug-likeness (QED) is 0.581. The van der Waals surface area contributed by atoms with Gasteiger partial charge in [-0.1, -0.05) is 25.1 Å². The average Bonchev–Trinajstić information content (AvgIpc) is 2.87. The lowest BCUT2D eigenvalue weighted by atomic mass is 10.2. The molecule has 1 aromatic carbocycles. The Bertz CT molecular complexity index is 594. The average molecular weight is 307 g/mol. The highest BCUT2D eigenvalue weighted by molar-refractivity contribution is 7.71. The minimum Gasteiger partial charge on any atom is -0.391 e. The third-order valence-electron chi connectivity index (χ3n) is 3.12. The van der Waals surface area contributed by atoms with Crippen LogP contribution in [0.15, 0.2) is 30.3 Å². The Morgan fingerprint density at radius 3 is 2.86 bits per heavy atom. The smallest absolute Gasteiger partial charge is 0.199 e. The summed E-state index contributed by atoms with van der Waals surface area (Å²) in [4.78, 5) is 0. The number of rotatable bonds is 8. The first-order valence-electron chi connectivity index (χ1n) is 7.20. The van der Waals surface area contributed by atoms with Gasteiger partial charge in [0.25, 0.3) is 0 Å². The molecule has 21 heavy (non-hydrogen) atoms. The van der Waals surface area contributed by atoms with Gasteiger partial charge in [0.15, 0.2) is 4.77 Å². The number of aryl methyl sites for hydroxylation is 1. The van der Waals surface area contributed by atoms with Crippen LogP contribution in [-0.4, -0.2) is 39.2 Å². The molecule has 0 saturated carbocycles. The van der Waals surface area contributed by atoms with Crippen LogP contribution < -0.4 is 0 Å². The molecule has 5 nitrogen and oxygen atoms in total. The van der Waals surface area contributed by atoms with Crippen molar-refractivity contribution in [2.24, 2.45) is 0 Å². The van der Waals surface area contributed by atoms with E-state index in [1.807, 2.05) is 41.8 Å². The Hall–Kier alpha value is -1.50. The molecule has 2 aromatic rings. The van der Waals surface area contributed by atoms with E-state index in [4.69, 9.17) is 17.0 Å². The van der Waals surface area contributed by atoms with Crippen molar-refractivity contribution in [2.75, 3.05) is 13.2 Å². The molecule has 1 heterocycles. The van der Waals surface area contributed by atoms with Crippen molar-refractivity contribution in [3.63, 3.8) is 0 Å². The molecular weight excluding hydrogens is 286 g/mol. The van der Waals surface area contributed by atoms with Crippen molar-refractivity contribution in [1.29, 1.82) is 0 Å². The predicted molar refractivity (Wildman–Crippen MR) is 84.2 cm³/mol. The first kappa shape index (κ1) is 15.9. The summed E-state index contributed by atoms with van der Waals surface area (Å²) in [6.45, 7) is 3.09. The monoisotopic (exact) mass is 307 g/mol. The molecule has 0 radical (unpaired) electrons. The van der Waals surface area contributed by atoms with Gasteiger partial charge in [-0.05, 0) is 37.2 Å². The molecule has 0 aliphatic carbocycles. The Labute approximate surface area is 129 Å². The van der Waals surface area contributed by atoms with Gasteiger partial charge in [0.2, 0.25) is 0 Å². The van der Waals surface area contributed by atoms with Crippen molar-refractivity contribution in [3.05, 3.63) is 40.9 Å². The molecule has 0 aliphatic rings. The summed E-state index contributed by atoms with van der Waals surface area (Å²) >= 11 is 5.28. The van der Waals surface area contributed by atoms with Gasteiger partial charge < -0.3 is 9.84 Å². The van der Waals surface area contributed by atoms with Gasteiger partial charge >= 0.3 is 0 Å². The van der Waals surface area contributed by atoms with Crippen LogP contribution in [0.3, 0.4) is 0 Å². The van der Waals surface area contributed by atoms with Crippen LogP contribution in [0.4, 0.5) is 0 Å². The molecule has 1 aromatic heterocycles. The van der Waals surface area contributed by atoms with Crippen LogP contribution in [0.2, 0.25) is 0 Å². The minimum atomic E-state index is -0.481. The van der Waals surface area contributed by atoms with Crippen LogP contribution in [-0.2, 0) is 11.2 Å². The first-order valence-corrected chi connectivity index (χ1v) is 7.60. The summed E-state index contributed by atoms with van der Waals surface area (Å²) in [7, 11) is 0. The highest BCUT2D eigenvalue weighted by Crippen LogP contribution is 2.12. The minimum absolute atomic E-state index is 0.365. The molecule has 6 heteroatoms. The second kappa shape index (κ2) is 8.07. The number of nitrogens with zero attached hydrogens (tertiary/aromatic N) is 2. The summed E-state index contributed by atoms with van der Waals surface area (Å²) in [6, 6.07) is 9.84. The second-order valence-electron chi connectivity index (χ2n) is 4.88. The molecule has 114 valence electrons. The van der Waals surface area contributed by atoms with E-state index in [0.717, 1.165) is 17.9 Å². The number of aromatic amines is 1. The Morgan fingerprint density at radius 2 is 2.14 bits per heavy atom. The molecule has 0 aliphatic heterocycles. The zero-order valence-electron chi connectivity index (χ0n) is 12.2. The molecule has 0 amide bonds. The van der Waals surface area contributed by atoms with Crippen LogP contribution in [0.1, 0.15) is 25.6 Å². The van der Waals surface area contributed by atoms with E-state index in [1.165, 1.54) is 0 Å². The molecule has 0 unspecified atom stereocenters. The van der Waals surface area contributed by atoms with E-state index in [1.54, 1.807) is 0 Å². The van der Waals surface area contributed by atoms with Crippen molar-refractivity contribution >= 4 is 12.2 Å². The SMILES string of the molecule is CCCOC[C@@H](O)CCc1n[nH]c(=S)n1-c1ccccc1. The fourth-order valence-corrected chi connectivity index (χ4v) is 2.34. The van der Waals surface area contributed by atoms with Gasteiger partial charge in [0.05, 0.1) is 12.7 Å². The van der Waals surface area contributed by atoms with Gasteiger partial charge in [-0.15, -0.1) is 0 Å². The van der Waals surface area contributed by atoms with Gasteiger partial charge in [0.1, 0.15) is 5.82 Å². The van der Waals surface area contributed by atoms with Crippen molar-refractivity contribution in [1.82, 2.24) is 14.8 Å². The number of ether oxygens (including phenoxy) is 1. The largest absolute Gasteiger partial charge is 0.391 e. The van der Waals surface area contributed by atoms with E-state index < -0.39 is 6.10 Å². The van der Waals surface area contributed by atoms with Crippen molar-refractivity contribution in [3.8, 4) is 5.69 Å². The topological polar surface area (TPSA) is 63.1 Å². The second-order valence-corrected chi connectivity index (χ2v) is 5.27. The van der Waals surface area contributed by atoms with E-state index in [2.05, 4.69) is 10.2 Å². The summed E-state index contributed by atoms with van der Waals surface area (Å²) < 4.78 is 7.81. The maximum atomic E-state index is 9.91. The lowest BCUT2D eigenvalue weighted by Crippen LogP contribution is -2.17. The summed E-state index contributed by atoms with van der Waals surface area (Å²) in [5.41, 5.74) is 0.975. The van der Waals surface area contributed by atoms with Gasteiger partial charge in [0, 0.05) is 18.7 Å². The van der Waals surface area contributed by atoms with E-state index in [0.29, 0.717) is 30.8 Å². The van der Waals surface area contributed by atoms with E-state index in [-0.39, 0.29) is 0 Å². The third-order valence-corrected chi connectivity index (χ3v) is 3.39. The van der Waals surface area contributed by atoms with Crippen LogP contribution in [0.5, 0.6) is 0 Å². The number of para-hydroxylation sites is 1. The van der Waals surface area contributed by atoms with Crippen LogP contribution in [0.25, 0.3) is 5.69 Å². The zero-order chi connectivity index (χ0) is 15.1. The molecule has 0 saturated heterocycles. The third kappa shape index (κ3) is 4.49. The molecule has 0 fully saturated rings. The fourth-order valence-electron chi connectivity index (χ4n) is 2.08. The molecule has 0 bridgehead atoms. The Balaban J connectivity index is 2.00. The number of hydrogen-bond donors (Lipinski definition) is 2. The summed E-state index contributed by atoms with van der Waals surface area (Å²) in [6.07, 6.45) is 1.71. The Morgan fingerprint density at radius 1 is 1.38 bits per heavy atom.